The SMILES string of the molecule is C=CCNCCC(=O)N1CCN(C(=O)c2ccco2)CC1. The van der Waals surface area contributed by atoms with Gasteiger partial charge in [-0.05, 0) is 12.1 Å². The average molecular weight is 291 g/mol. The van der Waals surface area contributed by atoms with Crippen molar-refractivity contribution in [3.63, 3.8) is 0 Å². The third kappa shape index (κ3) is 4.19. The molecule has 2 amide bonds. The molecule has 1 aliphatic rings. The van der Waals surface area contributed by atoms with Crippen LogP contribution in [-0.4, -0.2) is 60.9 Å². The Labute approximate surface area is 124 Å². The van der Waals surface area contributed by atoms with Crippen molar-refractivity contribution in [2.45, 2.75) is 6.42 Å². The Kier molecular flexibility index (Phi) is 5.57. The molecule has 0 aromatic carbocycles. The molecule has 6 heteroatoms. The van der Waals surface area contributed by atoms with Crippen LogP contribution in [0.15, 0.2) is 35.5 Å². The van der Waals surface area contributed by atoms with Gasteiger partial charge in [0, 0.05) is 45.7 Å². The van der Waals surface area contributed by atoms with Crippen LogP contribution < -0.4 is 5.32 Å². The molecule has 0 saturated carbocycles. The first-order valence-corrected chi connectivity index (χ1v) is 7.14. The molecular weight excluding hydrogens is 270 g/mol. The molecule has 0 bridgehead atoms. The van der Waals surface area contributed by atoms with E-state index in [4.69, 9.17) is 4.42 Å². The molecule has 6 nitrogen and oxygen atoms in total. The van der Waals surface area contributed by atoms with Crippen LogP contribution in [0.1, 0.15) is 17.0 Å². The van der Waals surface area contributed by atoms with Crippen LogP contribution in [-0.2, 0) is 4.79 Å². The monoisotopic (exact) mass is 291 g/mol. The number of rotatable bonds is 6. The molecule has 114 valence electrons. The van der Waals surface area contributed by atoms with E-state index in [2.05, 4.69) is 11.9 Å². The number of carbonyl (C=O) groups is 2. The lowest BCUT2D eigenvalue weighted by molar-refractivity contribution is -0.132. The molecule has 0 aliphatic carbocycles. The van der Waals surface area contributed by atoms with Crippen molar-refractivity contribution in [1.82, 2.24) is 15.1 Å². The zero-order valence-electron chi connectivity index (χ0n) is 12.1. The van der Waals surface area contributed by atoms with Crippen LogP contribution in [0.5, 0.6) is 0 Å². The van der Waals surface area contributed by atoms with Crippen LogP contribution in [0.2, 0.25) is 0 Å². The summed E-state index contributed by atoms with van der Waals surface area (Å²) in [6, 6.07) is 3.36. The lowest BCUT2D eigenvalue weighted by Crippen LogP contribution is -2.50. The van der Waals surface area contributed by atoms with E-state index in [0.29, 0.717) is 51.4 Å². The van der Waals surface area contributed by atoms with Crippen molar-refractivity contribution in [3.8, 4) is 0 Å². The Morgan fingerprint density at radius 3 is 2.62 bits per heavy atom. The third-order valence-corrected chi connectivity index (χ3v) is 3.46. The van der Waals surface area contributed by atoms with E-state index in [0.717, 1.165) is 0 Å². The second-order valence-corrected chi connectivity index (χ2v) is 4.89. The van der Waals surface area contributed by atoms with E-state index in [-0.39, 0.29) is 11.8 Å². The second-order valence-electron chi connectivity index (χ2n) is 4.89. The number of nitrogens with one attached hydrogen (secondary N) is 1. The number of hydrogen-bond donors (Lipinski definition) is 1. The van der Waals surface area contributed by atoms with Gasteiger partial charge in [0.1, 0.15) is 0 Å². The van der Waals surface area contributed by atoms with Crippen molar-refractivity contribution in [1.29, 1.82) is 0 Å². The minimum absolute atomic E-state index is 0.111. The summed E-state index contributed by atoms with van der Waals surface area (Å²) in [6.45, 7) is 7.21. The fourth-order valence-corrected chi connectivity index (χ4v) is 2.27. The summed E-state index contributed by atoms with van der Waals surface area (Å²) < 4.78 is 5.11. The maximum atomic E-state index is 12.1. The Morgan fingerprint density at radius 1 is 1.29 bits per heavy atom. The van der Waals surface area contributed by atoms with Crippen molar-refractivity contribution in [2.24, 2.45) is 0 Å². The largest absolute Gasteiger partial charge is 0.459 e. The molecule has 1 saturated heterocycles. The molecule has 0 atom stereocenters. The van der Waals surface area contributed by atoms with Crippen LogP contribution in [0, 0.1) is 0 Å². The Morgan fingerprint density at radius 2 is 2.00 bits per heavy atom. The van der Waals surface area contributed by atoms with Gasteiger partial charge in [0.2, 0.25) is 5.91 Å². The summed E-state index contributed by atoms with van der Waals surface area (Å²) in [7, 11) is 0. The molecule has 2 rings (SSSR count). The molecule has 0 radical (unpaired) electrons. The average Bonchev–Trinajstić information content (AvgIpc) is 3.05. The first-order chi connectivity index (χ1) is 10.2. The molecule has 2 heterocycles. The second kappa shape index (κ2) is 7.64. The lowest BCUT2D eigenvalue weighted by Gasteiger charge is -2.34. The highest BCUT2D eigenvalue weighted by Gasteiger charge is 2.25. The van der Waals surface area contributed by atoms with E-state index in [9.17, 15) is 9.59 Å². The summed E-state index contributed by atoms with van der Waals surface area (Å²) in [5, 5.41) is 3.11. The number of hydrogen-bond acceptors (Lipinski definition) is 4. The zero-order valence-corrected chi connectivity index (χ0v) is 12.1. The standard InChI is InChI=1S/C15H21N3O3/c1-2-6-16-7-5-14(19)17-8-10-18(11-9-17)15(20)13-4-3-12-21-13/h2-4,12,16H,1,5-11H2. The van der Waals surface area contributed by atoms with Gasteiger partial charge in [0.05, 0.1) is 6.26 Å². The molecule has 21 heavy (non-hydrogen) atoms. The van der Waals surface area contributed by atoms with Gasteiger partial charge in [-0.3, -0.25) is 9.59 Å². The van der Waals surface area contributed by atoms with Gasteiger partial charge in [-0.2, -0.15) is 0 Å². The fourth-order valence-electron chi connectivity index (χ4n) is 2.27. The van der Waals surface area contributed by atoms with Crippen LogP contribution in [0.3, 0.4) is 0 Å². The molecule has 1 aromatic heterocycles. The van der Waals surface area contributed by atoms with Crippen molar-refractivity contribution in [2.75, 3.05) is 39.3 Å². The Bertz CT molecular complexity index is 476. The van der Waals surface area contributed by atoms with Gasteiger partial charge in [-0.25, -0.2) is 0 Å². The highest BCUT2D eigenvalue weighted by atomic mass is 16.3. The zero-order chi connectivity index (χ0) is 15.1. The van der Waals surface area contributed by atoms with Gasteiger partial charge in [-0.1, -0.05) is 6.08 Å². The highest BCUT2D eigenvalue weighted by Crippen LogP contribution is 2.10. The van der Waals surface area contributed by atoms with Crippen molar-refractivity contribution in [3.05, 3.63) is 36.8 Å². The highest BCUT2D eigenvalue weighted by molar-refractivity contribution is 5.91. The molecule has 1 aromatic rings. The number of furan rings is 1. The van der Waals surface area contributed by atoms with E-state index in [1.165, 1.54) is 6.26 Å². The van der Waals surface area contributed by atoms with E-state index < -0.39 is 0 Å². The predicted molar refractivity (Wildman–Crippen MR) is 78.9 cm³/mol. The smallest absolute Gasteiger partial charge is 0.289 e. The number of carbonyl (C=O) groups excluding carboxylic acids is 2. The van der Waals surface area contributed by atoms with Gasteiger partial charge in [-0.15, -0.1) is 6.58 Å². The molecule has 0 spiro atoms. The summed E-state index contributed by atoms with van der Waals surface area (Å²) >= 11 is 0. The quantitative estimate of drug-likeness (QED) is 0.620. The van der Waals surface area contributed by atoms with Crippen LogP contribution in [0.25, 0.3) is 0 Å². The Balaban J connectivity index is 1.74. The maximum absolute atomic E-state index is 12.1. The molecule has 1 aliphatic heterocycles. The summed E-state index contributed by atoms with van der Waals surface area (Å²) in [5.74, 6) is 0.361. The van der Waals surface area contributed by atoms with E-state index in [1.54, 1.807) is 23.1 Å². The fraction of sp³-hybridized carbons (Fsp3) is 0.467. The van der Waals surface area contributed by atoms with E-state index >= 15 is 0 Å². The molecule has 1 N–H and O–H groups in total. The van der Waals surface area contributed by atoms with Gasteiger partial charge in [0.25, 0.3) is 5.91 Å². The van der Waals surface area contributed by atoms with Gasteiger partial charge >= 0.3 is 0 Å². The minimum Gasteiger partial charge on any atom is -0.459 e. The molecular formula is C15H21N3O3. The number of piperazine rings is 1. The van der Waals surface area contributed by atoms with Gasteiger partial charge in [0.15, 0.2) is 5.76 Å². The number of amides is 2. The minimum atomic E-state index is -0.111. The molecule has 0 unspecified atom stereocenters. The van der Waals surface area contributed by atoms with Gasteiger partial charge < -0.3 is 19.5 Å². The van der Waals surface area contributed by atoms with E-state index in [1.807, 2.05) is 4.90 Å². The number of nitrogens with zero attached hydrogens (tertiary/aromatic N) is 2. The van der Waals surface area contributed by atoms with Crippen LogP contribution in [0.4, 0.5) is 0 Å². The first-order valence-electron chi connectivity index (χ1n) is 7.14. The molecule has 1 fully saturated rings. The van der Waals surface area contributed by atoms with Crippen molar-refractivity contribution >= 4 is 11.8 Å². The maximum Gasteiger partial charge on any atom is 0.289 e. The summed E-state index contributed by atoms with van der Waals surface area (Å²) in [6.07, 6.45) is 3.73. The normalized spacial score (nSPS) is 15.0. The summed E-state index contributed by atoms with van der Waals surface area (Å²) in [4.78, 5) is 27.6. The Hall–Kier alpha value is -2.08. The van der Waals surface area contributed by atoms with Crippen LogP contribution >= 0.6 is 0 Å². The summed E-state index contributed by atoms with van der Waals surface area (Å²) in [5.41, 5.74) is 0. The van der Waals surface area contributed by atoms with Crippen molar-refractivity contribution < 1.29 is 14.0 Å². The predicted octanol–water partition coefficient (Wildman–Crippen LogP) is 0.730. The lowest BCUT2D eigenvalue weighted by atomic mass is 10.2. The first kappa shape index (κ1) is 15.3. The topological polar surface area (TPSA) is 65.8 Å². The third-order valence-electron chi connectivity index (χ3n) is 3.46.